The van der Waals surface area contributed by atoms with Crippen LogP contribution >= 0.6 is 0 Å². The Morgan fingerprint density at radius 2 is 0.959 bits per heavy atom. The highest BCUT2D eigenvalue weighted by molar-refractivity contribution is 6.12. The zero-order valence-corrected chi connectivity index (χ0v) is 26.0. The highest BCUT2D eigenvalue weighted by Gasteiger charge is 2.29. The first-order chi connectivity index (χ1) is 24.3. The molecule has 0 saturated heterocycles. The Kier molecular flexibility index (Phi) is 5.38. The first kappa shape index (κ1) is 26.5. The van der Waals surface area contributed by atoms with Crippen LogP contribution in [0.1, 0.15) is 22.6 Å². The van der Waals surface area contributed by atoms with Crippen LogP contribution in [0, 0.1) is 0 Å². The van der Waals surface area contributed by atoms with Crippen molar-refractivity contribution in [1.82, 2.24) is 4.98 Å². The summed E-state index contributed by atoms with van der Waals surface area (Å²) in [5.74, 6) is 0.271. The summed E-state index contributed by atoms with van der Waals surface area (Å²) in [5, 5.41) is 6.32. The zero-order valence-electron chi connectivity index (χ0n) is 26.0. The number of oxazole rings is 1. The second kappa shape index (κ2) is 9.96. The van der Waals surface area contributed by atoms with Crippen molar-refractivity contribution in [2.75, 3.05) is 0 Å². The van der Waals surface area contributed by atoms with Crippen LogP contribution < -0.4 is 0 Å². The molecule has 11 aromatic rings. The minimum Gasteiger partial charge on any atom is -0.456 e. The largest absolute Gasteiger partial charge is 0.456 e. The number of fused-ring (bicyclic) bond motifs is 10. The Balaban J connectivity index is 1.27. The van der Waals surface area contributed by atoms with Crippen LogP contribution in [0.15, 0.2) is 163 Å². The van der Waals surface area contributed by atoms with E-state index in [4.69, 9.17) is 22.7 Å². The quantitative estimate of drug-likeness (QED) is 0.181. The van der Waals surface area contributed by atoms with Gasteiger partial charge in [-0.25, -0.2) is 4.98 Å². The molecule has 0 aliphatic rings. The van der Waals surface area contributed by atoms with Gasteiger partial charge in [-0.1, -0.05) is 91.0 Å². The second-order valence-electron chi connectivity index (χ2n) is 12.6. The Hall–Kier alpha value is -6.59. The predicted octanol–water partition coefficient (Wildman–Crippen LogP) is 12.4. The Bertz CT molecular complexity index is 3070. The lowest BCUT2D eigenvalue weighted by Crippen LogP contribution is -2.05. The van der Waals surface area contributed by atoms with Gasteiger partial charge in [0, 0.05) is 49.4 Å². The van der Waals surface area contributed by atoms with Gasteiger partial charge in [0.05, 0.1) is 0 Å². The van der Waals surface area contributed by atoms with Crippen molar-refractivity contribution in [3.05, 3.63) is 162 Å². The molecule has 11 rings (SSSR count). The lowest BCUT2D eigenvalue weighted by atomic mass is 9.83. The van der Waals surface area contributed by atoms with Crippen molar-refractivity contribution in [2.45, 2.75) is 5.92 Å². The lowest BCUT2D eigenvalue weighted by Gasteiger charge is -2.20. The van der Waals surface area contributed by atoms with Crippen molar-refractivity contribution < 1.29 is 17.7 Å². The number of hydrogen-bond donors (Lipinski definition) is 0. The molecule has 0 N–H and O–H groups in total. The van der Waals surface area contributed by atoms with Gasteiger partial charge in [0.2, 0.25) is 5.89 Å². The van der Waals surface area contributed by atoms with Gasteiger partial charge in [-0.3, -0.25) is 0 Å². The van der Waals surface area contributed by atoms with Crippen molar-refractivity contribution in [3.8, 4) is 11.5 Å². The van der Waals surface area contributed by atoms with Gasteiger partial charge < -0.3 is 17.7 Å². The Morgan fingerprint density at radius 3 is 1.73 bits per heavy atom. The molecule has 0 radical (unpaired) electrons. The molecule has 1 atom stereocenters. The van der Waals surface area contributed by atoms with Gasteiger partial charge in [0.25, 0.3) is 0 Å². The minimum absolute atomic E-state index is 0.295. The smallest absolute Gasteiger partial charge is 0.227 e. The molecule has 0 spiro atoms. The summed E-state index contributed by atoms with van der Waals surface area (Å²) in [6, 6.07) is 49.7. The summed E-state index contributed by atoms with van der Waals surface area (Å²) in [5.41, 5.74) is 10.5. The maximum atomic E-state index is 6.79. The van der Waals surface area contributed by atoms with Gasteiger partial charge in [-0.05, 0) is 65.7 Å². The first-order valence-corrected chi connectivity index (χ1v) is 16.4. The molecule has 4 heterocycles. The van der Waals surface area contributed by atoms with E-state index < -0.39 is 0 Å². The molecule has 0 aliphatic carbocycles. The average Bonchev–Trinajstić information content (AvgIpc) is 3.93. The lowest BCUT2D eigenvalue weighted by molar-refractivity contribution is 0.620. The molecule has 0 amide bonds. The molecule has 5 nitrogen and oxygen atoms in total. The summed E-state index contributed by atoms with van der Waals surface area (Å²) in [7, 11) is 0. The molecule has 1 unspecified atom stereocenters. The van der Waals surface area contributed by atoms with Crippen LogP contribution in [0.2, 0.25) is 0 Å². The van der Waals surface area contributed by atoms with Gasteiger partial charge >= 0.3 is 0 Å². The van der Waals surface area contributed by atoms with Crippen LogP contribution in [-0.4, -0.2) is 4.98 Å². The number of benzene rings is 7. The normalized spacial score (nSPS) is 12.8. The van der Waals surface area contributed by atoms with Crippen molar-refractivity contribution in [3.63, 3.8) is 0 Å². The van der Waals surface area contributed by atoms with E-state index in [1.807, 2.05) is 78.9 Å². The summed E-state index contributed by atoms with van der Waals surface area (Å²) < 4.78 is 26.1. The highest BCUT2D eigenvalue weighted by Crippen LogP contribution is 2.46. The first-order valence-electron chi connectivity index (χ1n) is 16.4. The monoisotopic (exact) mass is 631 g/mol. The zero-order chi connectivity index (χ0) is 32.1. The fraction of sp³-hybridized carbons (Fsp3) is 0.0227. The van der Waals surface area contributed by atoms with Crippen LogP contribution in [0.3, 0.4) is 0 Å². The fourth-order valence-electron chi connectivity index (χ4n) is 7.61. The van der Waals surface area contributed by atoms with Gasteiger partial charge in [0.15, 0.2) is 5.58 Å². The topological polar surface area (TPSA) is 65.5 Å². The van der Waals surface area contributed by atoms with E-state index in [9.17, 15) is 0 Å². The van der Waals surface area contributed by atoms with E-state index in [1.165, 1.54) is 0 Å². The molecule has 7 aromatic carbocycles. The third-order valence-corrected chi connectivity index (χ3v) is 9.84. The number of para-hydroxylation sites is 3. The second-order valence-corrected chi connectivity index (χ2v) is 12.6. The van der Waals surface area contributed by atoms with Gasteiger partial charge in [0.1, 0.15) is 39.0 Å². The molecule has 0 bridgehead atoms. The Morgan fingerprint density at radius 1 is 0.388 bits per heavy atom. The summed E-state index contributed by atoms with van der Waals surface area (Å²) in [4.78, 5) is 5.21. The number of furan rings is 3. The number of nitrogens with zero attached hydrogens (tertiary/aromatic N) is 1. The SMILES string of the molecule is c1ccc(-c2nc3c(C(c4ccc5c(c4)oc4ccccc45)c4ccc5oc6ccccc6c5c4)c4oc5ccccc5c4cc3o2)cc1. The summed E-state index contributed by atoms with van der Waals surface area (Å²) >= 11 is 0. The number of hydrogen-bond acceptors (Lipinski definition) is 5. The van der Waals surface area contributed by atoms with E-state index >= 15 is 0 Å². The van der Waals surface area contributed by atoms with E-state index in [-0.39, 0.29) is 5.92 Å². The highest BCUT2D eigenvalue weighted by atomic mass is 16.4. The minimum atomic E-state index is -0.295. The maximum absolute atomic E-state index is 6.79. The Labute approximate surface area is 278 Å². The third kappa shape index (κ3) is 3.90. The number of aromatic nitrogens is 1. The van der Waals surface area contributed by atoms with Crippen molar-refractivity contribution in [2.24, 2.45) is 0 Å². The van der Waals surface area contributed by atoms with E-state index in [2.05, 4.69) is 66.7 Å². The molecule has 230 valence electrons. The standard InChI is InChI=1S/C44H25NO4/c1-2-10-25(11-3-1)44-45-42-39(49-44)24-33-30-14-6-9-17-36(30)48-43(33)41(42)40(26-19-21-37-32(22-26)29-13-5-8-16-35(29)46-37)27-18-20-31-28-12-4-7-15-34(28)47-38(31)23-27/h1-24,40H. The van der Waals surface area contributed by atoms with Crippen LogP contribution in [0.5, 0.6) is 0 Å². The molecule has 0 fully saturated rings. The van der Waals surface area contributed by atoms with Gasteiger partial charge in [-0.2, -0.15) is 0 Å². The summed E-state index contributed by atoms with van der Waals surface area (Å²) in [6.45, 7) is 0. The predicted molar refractivity (Wildman–Crippen MR) is 195 cm³/mol. The van der Waals surface area contributed by atoms with Gasteiger partial charge in [-0.15, -0.1) is 0 Å². The maximum Gasteiger partial charge on any atom is 0.227 e. The molecular formula is C44H25NO4. The fourth-order valence-corrected chi connectivity index (χ4v) is 7.61. The number of rotatable bonds is 4. The van der Waals surface area contributed by atoms with E-state index in [0.717, 1.165) is 93.6 Å². The van der Waals surface area contributed by atoms with Crippen molar-refractivity contribution in [1.29, 1.82) is 0 Å². The van der Waals surface area contributed by atoms with Crippen LogP contribution in [-0.2, 0) is 0 Å². The molecule has 49 heavy (non-hydrogen) atoms. The van der Waals surface area contributed by atoms with Crippen LogP contribution in [0.4, 0.5) is 0 Å². The van der Waals surface area contributed by atoms with Crippen molar-refractivity contribution >= 4 is 76.9 Å². The summed E-state index contributed by atoms with van der Waals surface area (Å²) in [6.07, 6.45) is 0. The van der Waals surface area contributed by atoms with Crippen LogP contribution in [0.25, 0.3) is 88.4 Å². The molecule has 5 heteroatoms. The molecule has 0 aliphatic heterocycles. The molecule has 4 aromatic heterocycles. The van der Waals surface area contributed by atoms with E-state index in [0.29, 0.717) is 11.5 Å². The average molecular weight is 632 g/mol. The third-order valence-electron chi connectivity index (χ3n) is 9.84. The van der Waals surface area contributed by atoms with E-state index in [1.54, 1.807) is 0 Å². The molecular weight excluding hydrogens is 606 g/mol. The molecule has 0 saturated carbocycles.